The van der Waals surface area contributed by atoms with E-state index in [2.05, 4.69) is 80.4 Å². The highest BCUT2D eigenvalue weighted by Gasteiger charge is 2.48. The van der Waals surface area contributed by atoms with Gasteiger partial charge in [-0.25, -0.2) is 0 Å². The van der Waals surface area contributed by atoms with E-state index < -0.39 is 0 Å². The van der Waals surface area contributed by atoms with Gasteiger partial charge in [0.1, 0.15) is 0 Å². The van der Waals surface area contributed by atoms with Gasteiger partial charge < -0.3 is 0 Å². The molecule has 0 saturated carbocycles. The van der Waals surface area contributed by atoms with Gasteiger partial charge in [0.25, 0.3) is 0 Å². The Balaban J connectivity index is 2.01. The average molecular weight is 392 g/mol. The summed E-state index contributed by atoms with van der Waals surface area (Å²) >= 11 is 7.55. The summed E-state index contributed by atoms with van der Waals surface area (Å²) in [5.74, 6) is 2.47. The molecule has 0 fully saturated rings. The molecule has 0 radical (unpaired) electrons. The molecule has 0 nitrogen and oxygen atoms in total. The lowest BCUT2D eigenvalue weighted by molar-refractivity contribution is 0.284. The molecule has 2 atom stereocenters. The SMILES string of the molecule is BrCC1C2c3ccccc3C(c3ccccc32)C1CBr. The molecule has 0 heterocycles. The third-order valence-electron chi connectivity index (χ3n) is 5.09. The number of halogens is 2. The summed E-state index contributed by atoms with van der Waals surface area (Å²) in [5.41, 5.74) is 6.21. The molecule has 2 heteroatoms. The minimum absolute atomic E-state index is 0.550. The van der Waals surface area contributed by atoms with Gasteiger partial charge in [0, 0.05) is 22.5 Å². The fraction of sp³-hybridized carbons (Fsp3) is 0.333. The van der Waals surface area contributed by atoms with Crippen LogP contribution < -0.4 is 0 Å². The third kappa shape index (κ3) is 1.64. The number of hydrogen-bond donors (Lipinski definition) is 0. The molecule has 20 heavy (non-hydrogen) atoms. The lowest BCUT2D eigenvalue weighted by Crippen LogP contribution is -2.41. The van der Waals surface area contributed by atoms with Crippen molar-refractivity contribution in [3.8, 4) is 0 Å². The maximum Gasteiger partial charge on any atom is 0.0135 e. The normalized spacial score (nSPS) is 29.9. The van der Waals surface area contributed by atoms with Crippen LogP contribution in [0, 0.1) is 11.8 Å². The van der Waals surface area contributed by atoms with E-state index in [1.807, 2.05) is 0 Å². The average Bonchev–Trinajstić information content (AvgIpc) is 2.53. The molecular formula is C18H16Br2. The number of rotatable bonds is 2. The second-order valence-corrected chi connectivity index (χ2v) is 7.14. The van der Waals surface area contributed by atoms with Gasteiger partial charge >= 0.3 is 0 Å². The third-order valence-corrected chi connectivity index (χ3v) is 6.59. The van der Waals surface area contributed by atoms with Crippen LogP contribution in [0.15, 0.2) is 48.5 Å². The molecule has 0 N–H and O–H groups in total. The Labute approximate surface area is 136 Å². The minimum Gasteiger partial charge on any atom is -0.0925 e. The van der Waals surface area contributed by atoms with Crippen LogP contribution in [-0.4, -0.2) is 10.7 Å². The van der Waals surface area contributed by atoms with E-state index in [9.17, 15) is 0 Å². The second kappa shape index (κ2) is 4.99. The first kappa shape index (κ1) is 13.1. The first-order valence-corrected chi connectivity index (χ1v) is 9.40. The fourth-order valence-corrected chi connectivity index (χ4v) is 6.02. The lowest BCUT2D eigenvalue weighted by atomic mass is 9.55. The van der Waals surface area contributed by atoms with Gasteiger partial charge in [-0.15, -0.1) is 0 Å². The van der Waals surface area contributed by atoms with E-state index in [1.165, 1.54) is 0 Å². The van der Waals surface area contributed by atoms with E-state index in [0.29, 0.717) is 23.7 Å². The Bertz CT molecular complexity index is 546. The van der Waals surface area contributed by atoms with Crippen molar-refractivity contribution < 1.29 is 0 Å². The number of hydrogen-bond acceptors (Lipinski definition) is 0. The van der Waals surface area contributed by atoms with E-state index in [1.54, 1.807) is 22.3 Å². The Morgan fingerprint density at radius 1 is 0.600 bits per heavy atom. The highest BCUT2D eigenvalue weighted by atomic mass is 79.9. The molecule has 5 rings (SSSR count). The molecule has 2 unspecified atom stereocenters. The maximum atomic E-state index is 3.78. The van der Waals surface area contributed by atoms with Crippen LogP contribution in [0.2, 0.25) is 0 Å². The molecule has 2 bridgehead atoms. The summed E-state index contributed by atoms with van der Waals surface area (Å²) in [6, 6.07) is 18.1. The summed E-state index contributed by atoms with van der Waals surface area (Å²) in [7, 11) is 0. The summed E-state index contributed by atoms with van der Waals surface area (Å²) in [6.07, 6.45) is 0. The molecule has 0 amide bonds. The molecule has 2 aromatic rings. The molecule has 0 spiro atoms. The zero-order valence-corrected chi connectivity index (χ0v) is 14.3. The topological polar surface area (TPSA) is 0 Å². The van der Waals surface area contributed by atoms with Crippen molar-refractivity contribution in [3.05, 3.63) is 70.8 Å². The van der Waals surface area contributed by atoms with Gasteiger partial charge in [0.15, 0.2) is 0 Å². The standard InChI is InChI=1S/C18H16Br2/c19-9-15-16(10-20)18-12-6-2-1-5-11(12)17(15)13-7-3-4-8-14(13)18/h1-8,15-18H,9-10H2. The minimum atomic E-state index is 0.550. The zero-order valence-electron chi connectivity index (χ0n) is 11.1. The predicted molar refractivity (Wildman–Crippen MR) is 91.1 cm³/mol. The maximum absolute atomic E-state index is 3.78. The van der Waals surface area contributed by atoms with Crippen molar-refractivity contribution in [2.75, 3.05) is 10.7 Å². The Hall–Kier alpha value is -0.600. The molecule has 102 valence electrons. The molecule has 0 aliphatic heterocycles. The van der Waals surface area contributed by atoms with Crippen LogP contribution in [-0.2, 0) is 0 Å². The van der Waals surface area contributed by atoms with Crippen molar-refractivity contribution in [1.82, 2.24) is 0 Å². The summed E-state index contributed by atoms with van der Waals surface area (Å²) < 4.78 is 0. The van der Waals surface area contributed by atoms with E-state index >= 15 is 0 Å². The zero-order chi connectivity index (χ0) is 13.7. The van der Waals surface area contributed by atoms with Crippen LogP contribution in [0.4, 0.5) is 0 Å². The predicted octanol–water partition coefficient (Wildman–Crippen LogP) is 5.30. The van der Waals surface area contributed by atoms with Crippen LogP contribution in [0.3, 0.4) is 0 Å². The van der Waals surface area contributed by atoms with E-state index in [0.717, 1.165) is 10.7 Å². The van der Waals surface area contributed by atoms with E-state index in [4.69, 9.17) is 0 Å². The largest absolute Gasteiger partial charge is 0.0925 e. The van der Waals surface area contributed by atoms with Crippen LogP contribution in [0.25, 0.3) is 0 Å². The Kier molecular flexibility index (Phi) is 3.27. The van der Waals surface area contributed by atoms with Crippen molar-refractivity contribution in [3.63, 3.8) is 0 Å². The first-order valence-electron chi connectivity index (χ1n) is 7.16. The van der Waals surface area contributed by atoms with E-state index in [-0.39, 0.29) is 0 Å². The Morgan fingerprint density at radius 3 is 1.15 bits per heavy atom. The number of benzene rings is 2. The monoisotopic (exact) mass is 390 g/mol. The number of fused-ring (bicyclic) bond motifs is 1. The van der Waals surface area contributed by atoms with Crippen LogP contribution in [0.5, 0.6) is 0 Å². The van der Waals surface area contributed by atoms with Gasteiger partial charge in [-0.1, -0.05) is 80.4 Å². The molecule has 2 aromatic carbocycles. The van der Waals surface area contributed by atoms with Gasteiger partial charge in [0.05, 0.1) is 0 Å². The highest BCUT2D eigenvalue weighted by molar-refractivity contribution is 9.09. The summed E-state index contributed by atoms with van der Waals surface area (Å²) in [6.45, 7) is 0. The van der Waals surface area contributed by atoms with Gasteiger partial charge in [-0.05, 0) is 34.1 Å². The van der Waals surface area contributed by atoms with Gasteiger partial charge in [-0.3, -0.25) is 0 Å². The first-order chi connectivity index (χ1) is 9.86. The quantitative estimate of drug-likeness (QED) is 0.609. The van der Waals surface area contributed by atoms with Crippen molar-refractivity contribution >= 4 is 31.9 Å². The smallest absolute Gasteiger partial charge is 0.0135 e. The molecule has 0 aromatic heterocycles. The summed E-state index contributed by atoms with van der Waals surface area (Å²) in [5, 5.41) is 2.15. The molecule has 0 saturated heterocycles. The molecule has 3 aliphatic carbocycles. The molecular weight excluding hydrogens is 376 g/mol. The lowest BCUT2D eigenvalue weighted by Gasteiger charge is -2.50. The second-order valence-electron chi connectivity index (χ2n) is 5.85. The van der Waals surface area contributed by atoms with Crippen molar-refractivity contribution in [2.24, 2.45) is 11.8 Å². The van der Waals surface area contributed by atoms with Crippen molar-refractivity contribution in [2.45, 2.75) is 11.8 Å². The van der Waals surface area contributed by atoms with Crippen LogP contribution >= 0.6 is 31.9 Å². The summed E-state index contributed by atoms with van der Waals surface area (Å²) in [4.78, 5) is 0. The van der Waals surface area contributed by atoms with Gasteiger partial charge in [-0.2, -0.15) is 0 Å². The van der Waals surface area contributed by atoms with Crippen molar-refractivity contribution in [1.29, 1.82) is 0 Å². The molecule has 3 aliphatic rings. The Morgan fingerprint density at radius 2 is 0.900 bits per heavy atom. The number of alkyl halides is 2. The highest BCUT2D eigenvalue weighted by Crippen LogP contribution is 2.58. The fourth-order valence-electron chi connectivity index (χ4n) is 4.31. The van der Waals surface area contributed by atoms with Gasteiger partial charge in [0.2, 0.25) is 0 Å². The van der Waals surface area contributed by atoms with Crippen LogP contribution in [0.1, 0.15) is 34.1 Å².